The van der Waals surface area contributed by atoms with Crippen LogP contribution >= 0.6 is 0 Å². The van der Waals surface area contributed by atoms with E-state index in [1.165, 1.54) is 19.2 Å². The van der Waals surface area contributed by atoms with Gasteiger partial charge in [-0.1, -0.05) is 0 Å². The SMILES string of the molecule is [Li][c]1cccc2ccccc12.[Li][c]1ccccc1. The van der Waals surface area contributed by atoms with Gasteiger partial charge < -0.3 is 0 Å². The van der Waals surface area contributed by atoms with Gasteiger partial charge in [-0.05, 0) is 0 Å². The average Bonchev–Trinajstić information content (AvgIpc) is 2.41. The summed E-state index contributed by atoms with van der Waals surface area (Å²) in [5, 5.41) is 2.68. The summed E-state index contributed by atoms with van der Waals surface area (Å²) in [5.41, 5.74) is 0. The monoisotopic (exact) mass is 218 g/mol. The first-order valence-corrected chi connectivity index (χ1v) is 6.23. The summed E-state index contributed by atoms with van der Waals surface area (Å²) >= 11 is 4.22. The van der Waals surface area contributed by atoms with E-state index in [4.69, 9.17) is 0 Å². The molecule has 0 nitrogen and oxygen atoms in total. The fourth-order valence-corrected chi connectivity index (χ4v) is 1.92. The second-order valence-corrected chi connectivity index (χ2v) is 4.45. The van der Waals surface area contributed by atoms with E-state index in [0.29, 0.717) is 0 Å². The normalized spacial score (nSPS) is 9.78. The molecule has 0 amide bonds. The molecule has 0 heterocycles. The van der Waals surface area contributed by atoms with Crippen LogP contribution in [0, 0.1) is 0 Å². The Hall–Kier alpha value is -0.885. The molecule has 0 bridgehead atoms. The summed E-state index contributed by atoms with van der Waals surface area (Å²) in [5.74, 6) is 0. The second kappa shape index (κ2) is 6.89. The van der Waals surface area contributed by atoms with Gasteiger partial charge in [0.1, 0.15) is 0 Å². The Balaban J connectivity index is 0.000000149. The molecule has 0 spiro atoms. The number of fused-ring (bicyclic) bond motifs is 1. The molecular formula is C16H12Li2. The Bertz CT molecular complexity index is 613. The quantitative estimate of drug-likeness (QED) is 0.507. The molecule has 0 atom stereocenters. The molecule has 0 N–H and O–H groups in total. The molecule has 0 aliphatic carbocycles. The molecule has 0 aromatic heterocycles. The first-order chi connectivity index (χ1) is 8.77. The van der Waals surface area contributed by atoms with Crippen LogP contribution in [-0.2, 0) is 0 Å². The maximum atomic E-state index is 2.16. The Labute approximate surface area is 127 Å². The summed E-state index contributed by atoms with van der Waals surface area (Å²) in [4.78, 5) is 0. The standard InChI is InChI=1S/C10H7.C6H5.2Li/c1-2-6-10-8-4-3-7-9(10)5-1;1-2-4-6-5-3-1;;/h1-7H;1-5H;;. The first kappa shape index (κ1) is 13.5. The maximum absolute atomic E-state index is 2.16. The van der Waals surface area contributed by atoms with Crippen molar-refractivity contribution in [1.29, 1.82) is 0 Å². The van der Waals surface area contributed by atoms with Gasteiger partial charge in [0.05, 0.1) is 0 Å². The Morgan fingerprint density at radius 1 is 0.556 bits per heavy atom. The minimum atomic E-state index is 1.32. The average molecular weight is 218 g/mol. The van der Waals surface area contributed by atoms with Crippen LogP contribution in [0.5, 0.6) is 0 Å². The number of hydrogen-bond acceptors (Lipinski definition) is 0. The molecule has 18 heavy (non-hydrogen) atoms. The third-order valence-electron chi connectivity index (χ3n) is 2.95. The zero-order valence-corrected chi connectivity index (χ0v) is 10.9. The molecule has 3 rings (SSSR count). The Morgan fingerprint density at radius 2 is 1.17 bits per heavy atom. The van der Waals surface area contributed by atoms with Crippen LogP contribution in [0.2, 0.25) is 0 Å². The van der Waals surface area contributed by atoms with Crippen LogP contribution in [0.25, 0.3) is 10.8 Å². The molecule has 0 radical (unpaired) electrons. The van der Waals surface area contributed by atoms with E-state index in [1.807, 2.05) is 18.2 Å². The van der Waals surface area contributed by atoms with Gasteiger partial charge in [-0.2, -0.15) is 0 Å². The molecule has 0 aliphatic heterocycles. The van der Waals surface area contributed by atoms with Crippen molar-refractivity contribution < 1.29 is 0 Å². The van der Waals surface area contributed by atoms with Crippen molar-refractivity contribution in [3.05, 3.63) is 72.8 Å². The molecule has 0 fully saturated rings. The van der Waals surface area contributed by atoms with Crippen LogP contribution in [0.3, 0.4) is 0 Å². The third kappa shape index (κ3) is 3.81. The van der Waals surface area contributed by atoms with Gasteiger partial charge in [-0.25, -0.2) is 0 Å². The summed E-state index contributed by atoms with van der Waals surface area (Å²) in [6.45, 7) is 0. The van der Waals surface area contributed by atoms with Gasteiger partial charge in [0.2, 0.25) is 0 Å². The van der Waals surface area contributed by atoms with Crippen LogP contribution < -0.4 is 8.47 Å². The van der Waals surface area contributed by atoms with Gasteiger partial charge in [0.15, 0.2) is 0 Å². The molecule has 3 aromatic carbocycles. The zero-order chi connectivity index (χ0) is 12.8. The molecule has 78 valence electrons. The van der Waals surface area contributed by atoms with E-state index in [1.54, 1.807) is 0 Å². The third-order valence-corrected chi connectivity index (χ3v) is 2.95. The fraction of sp³-hybridized carbons (Fsp3) is 0. The van der Waals surface area contributed by atoms with E-state index < -0.39 is 0 Å². The molecule has 0 aliphatic rings. The topological polar surface area (TPSA) is 0 Å². The van der Waals surface area contributed by atoms with Crippen LogP contribution in [0.4, 0.5) is 0 Å². The predicted octanol–water partition coefficient (Wildman–Crippen LogP) is 2.11. The molecule has 0 saturated heterocycles. The predicted molar refractivity (Wildman–Crippen MR) is 81.2 cm³/mol. The van der Waals surface area contributed by atoms with E-state index >= 15 is 0 Å². The van der Waals surface area contributed by atoms with Crippen molar-refractivity contribution in [3.8, 4) is 0 Å². The number of rotatable bonds is 0. The van der Waals surface area contributed by atoms with E-state index in [-0.39, 0.29) is 0 Å². The van der Waals surface area contributed by atoms with Crippen molar-refractivity contribution in [3.63, 3.8) is 0 Å². The summed E-state index contributed by atoms with van der Waals surface area (Å²) in [7, 11) is 0. The van der Waals surface area contributed by atoms with Crippen LogP contribution in [0.15, 0.2) is 72.8 Å². The van der Waals surface area contributed by atoms with Crippen molar-refractivity contribution in [2.24, 2.45) is 0 Å². The molecule has 0 saturated carbocycles. The van der Waals surface area contributed by atoms with Gasteiger partial charge in [0, 0.05) is 0 Å². The fourth-order valence-electron chi connectivity index (χ4n) is 1.92. The van der Waals surface area contributed by atoms with Crippen molar-refractivity contribution in [2.45, 2.75) is 0 Å². The van der Waals surface area contributed by atoms with E-state index in [2.05, 4.69) is 90.0 Å². The van der Waals surface area contributed by atoms with Crippen LogP contribution in [-0.4, -0.2) is 35.4 Å². The summed E-state index contributed by atoms with van der Waals surface area (Å²) in [6, 6.07) is 25.1. The Morgan fingerprint density at radius 3 is 1.78 bits per heavy atom. The summed E-state index contributed by atoms with van der Waals surface area (Å²) < 4.78 is 2.67. The number of hydrogen-bond donors (Lipinski definition) is 0. The van der Waals surface area contributed by atoms with Crippen molar-refractivity contribution in [2.75, 3.05) is 0 Å². The van der Waals surface area contributed by atoms with Gasteiger partial charge in [-0.3, -0.25) is 0 Å². The molecule has 0 unspecified atom stereocenters. The van der Waals surface area contributed by atoms with Gasteiger partial charge in [0.25, 0.3) is 0 Å². The first-order valence-electron chi connectivity index (χ1n) is 6.23. The second-order valence-electron chi connectivity index (χ2n) is 4.45. The minimum absolute atomic E-state index is 1.32. The number of benzene rings is 3. The molecule has 3 aromatic rings. The van der Waals surface area contributed by atoms with Gasteiger partial charge >= 0.3 is 127 Å². The van der Waals surface area contributed by atoms with E-state index in [0.717, 1.165) is 0 Å². The van der Waals surface area contributed by atoms with Crippen LogP contribution in [0.1, 0.15) is 0 Å². The van der Waals surface area contributed by atoms with Crippen molar-refractivity contribution >= 4 is 54.7 Å². The summed E-state index contributed by atoms with van der Waals surface area (Å²) in [6.07, 6.45) is 0. The molecule has 2 heteroatoms. The zero-order valence-electron chi connectivity index (χ0n) is 10.9. The van der Waals surface area contributed by atoms with Gasteiger partial charge in [-0.15, -0.1) is 0 Å². The molecular weight excluding hydrogens is 206 g/mol. The van der Waals surface area contributed by atoms with Crippen molar-refractivity contribution in [1.82, 2.24) is 0 Å². The Kier molecular flexibility index (Phi) is 5.18. The van der Waals surface area contributed by atoms with E-state index in [9.17, 15) is 0 Å².